The van der Waals surface area contributed by atoms with Gasteiger partial charge in [0.2, 0.25) is 0 Å². The predicted octanol–water partition coefficient (Wildman–Crippen LogP) is 3.49. The maximum atomic E-state index is 11.8. The average Bonchev–Trinajstić information content (AvgIpc) is 2.28. The molecule has 0 bridgehead atoms. The van der Waals surface area contributed by atoms with E-state index in [9.17, 15) is 9.59 Å². The first-order valence-corrected chi connectivity index (χ1v) is 7.35. The Morgan fingerprint density at radius 1 is 1.18 bits per heavy atom. The van der Waals surface area contributed by atoms with Crippen LogP contribution in [0.1, 0.15) is 52.9 Å². The molecule has 0 aromatic rings. The largest absolute Gasteiger partial charge is 0.465 e. The van der Waals surface area contributed by atoms with Crippen LogP contribution in [-0.2, 0) is 14.3 Å². The highest BCUT2D eigenvalue weighted by atomic mass is 79.9. The standard InChI is InChI=1S/C13H23BrO3/c1-4-17-12(16)13(3,11(2)15)9-7-5-6-8-10-14/h4-10H2,1-3H3. The zero-order valence-electron chi connectivity index (χ0n) is 11.1. The molecule has 0 aliphatic carbocycles. The van der Waals surface area contributed by atoms with Crippen LogP contribution in [0.3, 0.4) is 0 Å². The van der Waals surface area contributed by atoms with Gasteiger partial charge in [-0.1, -0.05) is 35.2 Å². The van der Waals surface area contributed by atoms with Gasteiger partial charge in [-0.25, -0.2) is 0 Å². The van der Waals surface area contributed by atoms with E-state index in [2.05, 4.69) is 15.9 Å². The van der Waals surface area contributed by atoms with Gasteiger partial charge < -0.3 is 4.74 Å². The monoisotopic (exact) mass is 306 g/mol. The van der Waals surface area contributed by atoms with Gasteiger partial charge in [0.15, 0.2) is 0 Å². The van der Waals surface area contributed by atoms with Crippen LogP contribution >= 0.6 is 15.9 Å². The number of hydrogen-bond acceptors (Lipinski definition) is 3. The maximum Gasteiger partial charge on any atom is 0.319 e. The van der Waals surface area contributed by atoms with Gasteiger partial charge in [-0.05, 0) is 33.6 Å². The highest BCUT2D eigenvalue weighted by Crippen LogP contribution is 2.27. The van der Waals surface area contributed by atoms with Crippen molar-refractivity contribution < 1.29 is 14.3 Å². The second kappa shape index (κ2) is 8.67. The molecule has 0 aliphatic heterocycles. The molecule has 0 spiro atoms. The third-order valence-corrected chi connectivity index (χ3v) is 3.62. The predicted molar refractivity (Wildman–Crippen MR) is 72.3 cm³/mol. The van der Waals surface area contributed by atoms with Crippen molar-refractivity contribution in [1.29, 1.82) is 0 Å². The minimum atomic E-state index is -0.954. The summed E-state index contributed by atoms with van der Waals surface area (Å²) in [5, 5.41) is 1.01. The lowest BCUT2D eigenvalue weighted by Gasteiger charge is -2.24. The van der Waals surface area contributed by atoms with E-state index in [0.717, 1.165) is 31.0 Å². The van der Waals surface area contributed by atoms with Gasteiger partial charge in [0.1, 0.15) is 11.2 Å². The summed E-state index contributed by atoms with van der Waals surface area (Å²) < 4.78 is 4.98. The minimum Gasteiger partial charge on any atom is -0.465 e. The first-order chi connectivity index (χ1) is 7.99. The number of unbranched alkanes of at least 4 members (excludes halogenated alkanes) is 3. The lowest BCUT2D eigenvalue weighted by Crippen LogP contribution is -2.36. The third-order valence-electron chi connectivity index (χ3n) is 3.06. The number of rotatable bonds is 9. The number of carbonyl (C=O) groups is 2. The zero-order valence-corrected chi connectivity index (χ0v) is 12.6. The number of hydrogen-bond donors (Lipinski definition) is 0. The smallest absolute Gasteiger partial charge is 0.319 e. The molecule has 0 rings (SSSR count). The second-order valence-corrected chi connectivity index (χ2v) is 5.25. The Morgan fingerprint density at radius 3 is 2.24 bits per heavy atom. The Balaban J connectivity index is 4.22. The van der Waals surface area contributed by atoms with E-state index in [1.54, 1.807) is 13.8 Å². The summed E-state index contributed by atoms with van der Waals surface area (Å²) in [7, 11) is 0. The van der Waals surface area contributed by atoms with Crippen molar-refractivity contribution in [2.24, 2.45) is 5.41 Å². The first-order valence-electron chi connectivity index (χ1n) is 6.23. The molecule has 0 aromatic carbocycles. The molecule has 0 amide bonds. The highest BCUT2D eigenvalue weighted by Gasteiger charge is 2.38. The van der Waals surface area contributed by atoms with Gasteiger partial charge in [-0.15, -0.1) is 0 Å². The first kappa shape index (κ1) is 16.6. The topological polar surface area (TPSA) is 43.4 Å². The molecule has 0 N–H and O–H groups in total. The molecule has 0 saturated carbocycles. The maximum absolute atomic E-state index is 11.8. The van der Waals surface area contributed by atoms with Gasteiger partial charge >= 0.3 is 5.97 Å². The van der Waals surface area contributed by atoms with Crippen LogP contribution in [0.25, 0.3) is 0 Å². The fraction of sp³-hybridized carbons (Fsp3) is 0.846. The third kappa shape index (κ3) is 5.66. The summed E-state index contributed by atoms with van der Waals surface area (Å²) in [6, 6.07) is 0. The Hall–Kier alpha value is -0.380. The van der Waals surface area contributed by atoms with Crippen molar-refractivity contribution in [2.45, 2.75) is 52.9 Å². The van der Waals surface area contributed by atoms with Crippen LogP contribution in [0.5, 0.6) is 0 Å². The molecule has 0 heterocycles. The van der Waals surface area contributed by atoms with Crippen LogP contribution in [0, 0.1) is 5.41 Å². The number of alkyl halides is 1. The van der Waals surface area contributed by atoms with Crippen LogP contribution in [0.15, 0.2) is 0 Å². The molecule has 1 unspecified atom stereocenters. The lowest BCUT2D eigenvalue weighted by atomic mass is 9.81. The van der Waals surface area contributed by atoms with Gasteiger partial charge in [0, 0.05) is 5.33 Å². The van der Waals surface area contributed by atoms with Crippen molar-refractivity contribution in [3.8, 4) is 0 Å². The molecule has 17 heavy (non-hydrogen) atoms. The fourth-order valence-corrected chi connectivity index (χ4v) is 2.04. The summed E-state index contributed by atoms with van der Waals surface area (Å²) in [4.78, 5) is 23.4. The number of carbonyl (C=O) groups excluding carboxylic acids is 2. The van der Waals surface area contributed by atoms with Crippen molar-refractivity contribution in [2.75, 3.05) is 11.9 Å². The summed E-state index contributed by atoms with van der Waals surface area (Å²) in [5.41, 5.74) is -0.954. The van der Waals surface area contributed by atoms with Gasteiger partial charge in [-0.2, -0.15) is 0 Å². The van der Waals surface area contributed by atoms with Gasteiger partial charge in [0.25, 0.3) is 0 Å². The molecule has 0 radical (unpaired) electrons. The molecule has 100 valence electrons. The van der Waals surface area contributed by atoms with Gasteiger partial charge in [-0.3, -0.25) is 9.59 Å². The number of halogens is 1. The molecule has 0 fully saturated rings. The molecule has 3 nitrogen and oxygen atoms in total. The second-order valence-electron chi connectivity index (χ2n) is 4.46. The fourth-order valence-electron chi connectivity index (χ4n) is 1.64. The van der Waals surface area contributed by atoms with E-state index in [0.29, 0.717) is 13.0 Å². The van der Waals surface area contributed by atoms with E-state index < -0.39 is 5.41 Å². The Kier molecular flexibility index (Phi) is 8.48. The van der Waals surface area contributed by atoms with Gasteiger partial charge in [0.05, 0.1) is 6.61 Å². The van der Waals surface area contributed by atoms with E-state index in [1.807, 2.05) is 0 Å². The molecule has 0 aliphatic rings. The van der Waals surface area contributed by atoms with E-state index in [4.69, 9.17) is 4.74 Å². The Labute approximate surface area is 112 Å². The zero-order chi connectivity index (χ0) is 13.3. The molecule has 0 saturated heterocycles. The summed E-state index contributed by atoms with van der Waals surface area (Å²) >= 11 is 3.38. The van der Waals surface area contributed by atoms with Crippen LogP contribution in [0.2, 0.25) is 0 Å². The summed E-state index contributed by atoms with van der Waals surface area (Å²) in [6.07, 6.45) is 4.79. The number of esters is 1. The quantitative estimate of drug-likeness (QED) is 0.283. The van der Waals surface area contributed by atoms with Crippen molar-refractivity contribution in [1.82, 2.24) is 0 Å². The number of ether oxygens (including phenoxy) is 1. The molecule has 0 aromatic heterocycles. The van der Waals surface area contributed by atoms with Crippen molar-refractivity contribution in [3.05, 3.63) is 0 Å². The Bertz CT molecular complexity index is 253. The van der Waals surface area contributed by atoms with E-state index in [1.165, 1.54) is 6.92 Å². The molecular weight excluding hydrogens is 284 g/mol. The van der Waals surface area contributed by atoms with Crippen LogP contribution < -0.4 is 0 Å². The number of Topliss-reactive ketones (excluding diaryl/α,β-unsaturated/α-hetero) is 1. The SMILES string of the molecule is CCOC(=O)C(C)(CCCCCCBr)C(C)=O. The Morgan fingerprint density at radius 2 is 1.76 bits per heavy atom. The van der Waals surface area contributed by atoms with E-state index >= 15 is 0 Å². The minimum absolute atomic E-state index is 0.101. The van der Waals surface area contributed by atoms with Crippen LogP contribution in [0.4, 0.5) is 0 Å². The molecular formula is C13H23BrO3. The van der Waals surface area contributed by atoms with Crippen molar-refractivity contribution >= 4 is 27.7 Å². The van der Waals surface area contributed by atoms with Crippen LogP contribution in [-0.4, -0.2) is 23.7 Å². The highest BCUT2D eigenvalue weighted by molar-refractivity contribution is 9.09. The lowest BCUT2D eigenvalue weighted by molar-refractivity contribution is -0.159. The normalized spacial score (nSPS) is 14.1. The van der Waals surface area contributed by atoms with Crippen molar-refractivity contribution in [3.63, 3.8) is 0 Å². The molecule has 1 atom stereocenters. The molecule has 4 heteroatoms. The number of ketones is 1. The average molecular weight is 307 g/mol. The summed E-state index contributed by atoms with van der Waals surface area (Å²) in [5.74, 6) is -0.482. The summed E-state index contributed by atoms with van der Waals surface area (Å²) in [6.45, 7) is 5.24. The van der Waals surface area contributed by atoms with E-state index in [-0.39, 0.29) is 11.8 Å².